The van der Waals surface area contributed by atoms with Crippen molar-refractivity contribution in [1.29, 1.82) is 0 Å². The van der Waals surface area contributed by atoms with Gasteiger partial charge in [-0.15, -0.1) is 0 Å². The Labute approximate surface area is 114 Å². The standard InChI is InChI=1S/C14H24N2O3/c1-19-14(18)5-3-8-15-10-6-12(7-11-15)16-9-2-4-13(16)17/h12H,2-11H2,1H3. The molecule has 19 heavy (non-hydrogen) atoms. The minimum atomic E-state index is -0.127. The van der Waals surface area contributed by atoms with Gasteiger partial charge in [0.05, 0.1) is 7.11 Å². The lowest BCUT2D eigenvalue weighted by Crippen LogP contribution is -2.45. The van der Waals surface area contributed by atoms with Gasteiger partial charge in [-0.2, -0.15) is 0 Å². The number of methoxy groups -OCH3 is 1. The summed E-state index contributed by atoms with van der Waals surface area (Å²) in [6.07, 6.45) is 5.27. The van der Waals surface area contributed by atoms with Crippen molar-refractivity contribution in [2.45, 2.75) is 44.6 Å². The van der Waals surface area contributed by atoms with E-state index in [9.17, 15) is 9.59 Å². The first-order valence-electron chi connectivity index (χ1n) is 7.29. The van der Waals surface area contributed by atoms with Crippen molar-refractivity contribution < 1.29 is 14.3 Å². The molecule has 108 valence electrons. The fourth-order valence-electron chi connectivity index (χ4n) is 3.06. The van der Waals surface area contributed by atoms with E-state index in [1.54, 1.807) is 0 Å². The van der Waals surface area contributed by atoms with Crippen LogP contribution in [0.4, 0.5) is 0 Å². The number of carbonyl (C=O) groups excluding carboxylic acids is 2. The topological polar surface area (TPSA) is 49.9 Å². The lowest BCUT2D eigenvalue weighted by Gasteiger charge is -2.36. The molecule has 0 aliphatic carbocycles. The maximum atomic E-state index is 11.7. The quantitative estimate of drug-likeness (QED) is 0.699. The Morgan fingerprint density at radius 1 is 1.32 bits per heavy atom. The molecule has 2 fully saturated rings. The Kier molecular flexibility index (Phi) is 5.19. The van der Waals surface area contributed by atoms with Crippen LogP contribution >= 0.6 is 0 Å². The molecule has 2 aliphatic heterocycles. The van der Waals surface area contributed by atoms with E-state index in [1.165, 1.54) is 7.11 Å². The van der Waals surface area contributed by atoms with Crippen LogP contribution in [-0.2, 0) is 14.3 Å². The number of hydrogen-bond donors (Lipinski definition) is 0. The van der Waals surface area contributed by atoms with Gasteiger partial charge in [0.2, 0.25) is 5.91 Å². The second-order valence-electron chi connectivity index (χ2n) is 5.44. The summed E-state index contributed by atoms with van der Waals surface area (Å²) in [5.74, 6) is 0.210. The molecule has 0 spiro atoms. The Morgan fingerprint density at radius 3 is 2.63 bits per heavy atom. The van der Waals surface area contributed by atoms with Crippen molar-refractivity contribution >= 4 is 11.9 Å². The summed E-state index contributed by atoms with van der Waals surface area (Å²) >= 11 is 0. The van der Waals surface area contributed by atoms with Crippen LogP contribution in [-0.4, -0.2) is 61.0 Å². The van der Waals surface area contributed by atoms with E-state index in [-0.39, 0.29) is 5.97 Å². The van der Waals surface area contributed by atoms with Gasteiger partial charge in [0.15, 0.2) is 0 Å². The second-order valence-corrected chi connectivity index (χ2v) is 5.44. The Morgan fingerprint density at radius 2 is 2.05 bits per heavy atom. The van der Waals surface area contributed by atoms with Crippen LogP contribution in [0.15, 0.2) is 0 Å². The highest BCUT2D eigenvalue weighted by molar-refractivity contribution is 5.78. The second kappa shape index (κ2) is 6.89. The van der Waals surface area contributed by atoms with Crippen molar-refractivity contribution in [3.05, 3.63) is 0 Å². The number of piperidine rings is 1. The lowest BCUT2D eigenvalue weighted by molar-refractivity contribution is -0.140. The van der Waals surface area contributed by atoms with Gasteiger partial charge in [0.25, 0.3) is 0 Å². The number of hydrogen-bond acceptors (Lipinski definition) is 4. The number of amides is 1. The van der Waals surface area contributed by atoms with Crippen molar-refractivity contribution in [2.75, 3.05) is 33.3 Å². The molecule has 0 N–H and O–H groups in total. The third kappa shape index (κ3) is 3.93. The average Bonchev–Trinajstić information content (AvgIpc) is 2.85. The molecule has 0 aromatic heterocycles. The van der Waals surface area contributed by atoms with Gasteiger partial charge < -0.3 is 14.5 Å². The molecule has 0 aromatic carbocycles. The molecule has 0 radical (unpaired) electrons. The van der Waals surface area contributed by atoms with Crippen molar-refractivity contribution in [1.82, 2.24) is 9.80 Å². The fourth-order valence-corrected chi connectivity index (χ4v) is 3.06. The lowest BCUT2D eigenvalue weighted by atomic mass is 10.0. The summed E-state index contributed by atoms with van der Waals surface area (Å²) in [7, 11) is 1.43. The SMILES string of the molecule is COC(=O)CCCN1CCC(N2CCCC2=O)CC1. The smallest absolute Gasteiger partial charge is 0.305 e. The first kappa shape index (κ1) is 14.3. The molecule has 5 nitrogen and oxygen atoms in total. The molecule has 0 bridgehead atoms. The van der Waals surface area contributed by atoms with E-state index in [4.69, 9.17) is 0 Å². The molecular formula is C14H24N2O3. The van der Waals surface area contributed by atoms with Crippen LogP contribution < -0.4 is 0 Å². The summed E-state index contributed by atoms with van der Waals surface area (Å²) in [6.45, 7) is 3.98. The maximum Gasteiger partial charge on any atom is 0.305 e. The van der Waals surface area contributed by atoms with Crippen molar-refractivity contribution in [3.8, 4) is 0 Å². The molecule has 0 saturated carbocycles. The Hall–Kier alpha value is -1.10. The van der Waals surface area contributed by atoms with E-state index in [0.29, 0.717) is 18.4 Å². The molecule has 2 heterocycles. The van der Waals surface area contributed by atoms with E-state index >= 15 is 0 Å². The number of esters is 1. The Balaban J connectivity index is 1.65. The maximum absolute atomic E-state index is 11.7. The van der Waals surface area contributed by atoms with Gasteiger partial charge in [-0.05, 0) is 32.2 Å². The number of ether oxygens (including phenoxy) is 1. The van der Waals surface area contributed by atoms with Crippen molar-refractivity contribution in [3.63, 3.8) is 0 Å². The van der Waals surface area contributed by atoms with Crippen LogP contribution in [0.25, 0.3) is 0 Å². The largest absolute Gasteiger partial charge is 0.469 e. The van der Waals surface area contributed by atoms with Crippen LogP contribution in [0.2, 0.25) is 0 Å². The summed E-state index contributed by atoms with van der Waals surface area (Å²) in [4.78, 5) is 27.2. The number of nitrogens with zero attached hydrogens (tertiary/aromatic N) is 2. The zero-order valence-electron chi connectivity index (χ0n) is 11.8. The average molecular weight is 268 g/mol. The molecular weight excluding hydrogens is 244 g/mol. The van der Waals surface area contributed by atoms with Crippen LogP contribution in [0, 0.1) is 0 Å². The van der Waals surface area contributed by atoms with Gasteiger partial charge in [-0.25, -0.2) is 0 Å². The van der Waals surface area contributed by atoms with Gasteiger partial charge in [0, 0.05) is 38.5 Å². The minimum Gasteiger partial charge on any atom is -0.469 e. The van der Waals surface area contributed by atoms with E-state index < -0.39 is 0 Å². The molecule has 5 heteroatoms. The molecule has 0 aromatic rings. The number of likely N-dealkylation sites (tertiary alicyclic amines) is 2. The van der Waals surface area contributed by atoms with Crippen LogP contribution in [0.1, 0.15) is 38.5 Å². The first-order valence-corrected chi connectivity index (χ1v) is 7.29. The third-order valence-corrected chi connectivity index (χ3v) is 4.19. The van der Waals surface area contributed by atoms with E-state index in [2.05, 4.69) is 14.5 Å². The summed E-state index contributed by atoms with van der Waals surface area (Å²) in [5.41, 5.74) is 0. The summed E-state index contributed by atoms with van der Waals surface area (Å²) in [6, 6.07) is 0.451. The van der Waals surface area contributed by atoms with Gasteiger partial charge in [-0.1, -0.05) is 0 Å². The molecule has 0 atom stereocenters. The molecule has 2 rings (SSSR count). The van der Waals surface area contributed by atoms with E-state index in [1.807, 2.05) is 0 Å². The predicted molar refractivity (Wildman–Crippen MR) is 71.7 cm³/mol. The predicted octanol–water partition coefficient (Wildman–Crippen LogP) is 1.03. The highest BCUT2D eigenvalue weighted by atomic mass is 16.5. The molecule has 0 unspecified atom stereocenters. The Bertz CT molecular complexity index is 325. The monoisotopic (exact) mass is 268 g/mol. The first-order chi connectivity index (χ1) is 9.20. The zero-order chi connectivity index (χ0) is 13.7. The fraction of sp³-hybridized carbons (Fsp3) is 0.857. The van der Waals surface area contributed by atoms with Gasteiger partial charge >= 0.3 is 5.97 Å². The third-order valence-electron chi connectivity index (χ3n) is 4.19. The highest BCUT2D eigenvalue weighted by Crippen LogP contribution is 2.22. The van der Waals surface area contributed by atoms with Crippen LogP contribution in [0.3, 0.4) is 0 Å². The van der Waals surface area contributed by atoms with E-state index in [0.717, 1.165) is 58.3 Å². The normalized spacial score (nSPS) is 21.9. The van der Waals surface area contributed by atoms with Gasteiger partial charge in [-0.3, -0.25) is 9.59 Å². The van der Waals surface area contributed by atoms with Crippen molar-refractivity contribution in [2.24, 2.45) is 0 Å². The molecule has 2 aliphatic rings. The minimum absolute atomic E-state index is 0.127. The zero-order valence-corrected chi connectivity index (χ0v) is 11.8. The summed E-state index contributed by atoms with van der Waals surface area (Å²) < 4.78 is 4.63. The number of carbonyl (C=O) groups is 2. The molecule has 2 saturated heterocycles. The highest BCUT2D eigenvalue weighted by Gasteiger charge is 2.30. The van der Waals surface area contributed by atoms with Crippen LogP contribution in [0.5, 0.6) is 0 Å². The van der Waals surface area contributed by atoms with Gasteiger partial charge in [0.1, 0.15) is 0 Å². The molecule has 1 amide bonds. The number of rotatable bonds is 5. The summed E-state index contributed by atoms with van der Waals surface area (Å²) in [5, 5.41) is 0.